The summed E-state index contributed by atoms with van der Waals surface area (Å²) >= 11 is 0. The number of ether oxygens (including phenoxy) is 2. The fraction of sp³-hybridized carbons (Fsp3) is 0.357. The highest BCUT2D eigenvalue weighted by Crippen LogP contribution is 2.49. The number of rotatable bonds is 8. The van der Waals surface area contributed by atoms with Crippen molar-refractivity contribution in [1.82, 2.24) is 21.0 Å². The maximum atomic E-state index is 14.2. The van der Waals surface area contributed by atoms with Crippen LogP contribution in [0, 0.1) is 0 Å². The Hall–Kier alpha value is -4.40. The molecular weight excluding hydrogens is 584 g/mol. The van der Waals surface area contributed by atoms with Gasteiger partial charge in [0.15, 0.2) is 11.5 Å². The van der Waals surface area contributed by atoms with E-state index in [1.54, 1.807) is 36.3 Å². The van der Waals surface area contributed by atoms with Crippen LogP contribution in [0.4, 0.5) is 32.2 Å². The van der Waals surface area contributed by atoms with Gasteiger partial charge in [0.05, 0.1) is 24.7 Å². The molecule has 2 heterocycles. The normalized spacial score (nSPS) is 15.1. The number of piperidine rings is 1. The minimum atomic E-state index is -4.70. The van der Waals surface area contributed by atoms with Crippen molar-refractivity contribution in [2.75, 3.05) is 31.7 Å². The van der Waals surface area contributed by atoms with E-state index in [1.165, 1.54) is 12.1 Å². The summed E-state index contributed by atoms with van der Waals surface area (Å²) in [7, 11) is 1.54. The largest absolute Gasteiger partial charge is 0.497 e. The van der Waals surface area contributed by atoms with E-state index >= 15 is 0 Å². The maximum Gasteiger partial charge on any atom is 0.416 e. The molecule has 9 nitrogen and oxygen atoms in total. The number of carbonyl (C=O) groups is 2. The average molecular weight is 612 g/mol. The fourth-order valence-corrected chi connectivity index (χ4v) is 4.66. The molecular formula is C28H27F6N5O4. The lowest BCUT2D eigenvalue weighted by atomic mass is 9.72. The van der Waals surface area contributed by atoms with Crippen LogP contribution in [0.1, 0.15) is 40.0 Å². The zero-order chi connectivity index (χ0) is 31.3. The van der Waals surface area contributed by atoms with Crippen LogP contribution in [0.15, 0.2) is 60.7 Å². The number of hydrogen-bond acceptors (Lipinski definition) is 7. The Bertz CT molecular complexity index is 1390. The molecule has 2 aromatic carbocycles. The fourth-order valence-electron chi connectivity index (χ4n) is 4.66. The summed E-state index contributed by atoms with van der Waals surface area (Å²) in [4.78, 5) is 25.9. The topological polar surface area (TPSA) is 106 Å². The molecule has 4 rings (SSSR count). The number of methoxy groups -OCH3 is 1. The van der Waals surface area contributed by atoms with E-state index < -0.39 is 48.0 Å². The summed E-state index contributed by atoms with van der Waals surface area (Å²) in [6.45, 7) is -0.387. The molecule has 1 fully saturated rings. The Labute approximate surface area is 242 Å². The van der Waals surface area contributed by atoms with Crippen LogP contribution in [0.2, 0.25) is 0 Å². The number of aromatic nitrogens is 2. The van der Waals surface area contributed by atoms with Crippen LogP contribution in [-0.4, -0.2) is 55.0 Å². The number of halogens is 6. The summed E-state index contributed by atoms with van der Waals surface area (Å²) in [6, 6.07) is 12.8. The van der Waals surface area contributed by atoms with Crippen LogP contribution in [0.5, 0.6) is 5.75 Å². The first-order valence-corrected chi connectivity index (χ1v) is 13.0. The minimum absolute atomic E-state index is 0.104. The van der Waals surface area contributed by atoms with Gasteiger partial charge in [0.1, 0.15) is 12.4 Å². The van der Waals surface area contributed by atoms with Crippen LogP contribution in [0.3, 0.4) is 0 Å². The number of benzene rings is 2. The molecule has 1 aromatic heterocycles. The second kappa shape index (κ2) is 12.9. The highest BCUT2D eigenvalue weighted by atomic mass is 19.4. The third kappa shape index (κ3) is 7.52. The molecule has 3 aromatic rings. The SMILES string of the molecule is COc1ccc(COCC(=O)NNC(=O)c2ccc(N3CCC(c4ccc(C(F)(F)F)cc4)(C(F)(F)F)CC3)nn2)cc1. The molecule has 2 N–H and O–H groups in total. The Morgan fingerprint density at radius 3 is 2.07 bits per heavy atom. The number of alkyl halides is 6. The van der Waals surface area contributed by atoms with Crippen molar-refractivity contribution >= 4 is 17.6 Å². The van der Waals surface area contributed by atoms with Gasteiger partial charge in [0, 0.05) is 13.1 Å². The molecule has 0 radical (unpaired) electrons. The number of nitrogens with one attached hydrogen (secondary N) is 2. The number of nitrogens with zero attached hydrogens (tertiary/aromatic N) is 3. The van der Waals surface area contributed by atoms with E-state index in [1.807, 2.05) is 0 Å². The third-order valence-electron chi connectivity index (χ3n) is 7.11. The predicted octanol–water partition coefficient (Wildman–Crippen LogP) is 4.58. The summed E-state index contributed by atoms with van der Waals surface area (Å²) in [5.41, 5.74) is 1.43. The molecule has 0 atom stereocenters. The van der Waals surface area contributed by atoms with Crippen molar-refractivity contribution in [2.24, 2.45) is 0 Å². The van der Waals surface area contributed by atoms with Gasteiger partial charge in [-0.2, -0.15) is 26.3 Å². The van der Waals surface area contributed by atoms with Gasteiger partial charge in [0.25, 0.3) is 11.8 Å². The lowest BCUT2D eigenvalue weighted by Gasteiger charge is -2.43. The van der Waals surface area contributed by atoms with Crippen LogP contribution < -0.4 is 20.5 Å². The van der Waals surface area contributed by atoms with Gasteiger partial charge in [-0.05, 0) is 60.4 Å². The van der Waals surface area contributed by atoms with E-state index in [-0.39, 0.29) is 43.4 Å². The van der Waals surface area contributed by atoms with E-state index in [0.29, 0.717) is 17.9 Å². The van der Waals surface area contributed by atoms with Gasteiger partial charge in [-0.15, -0.1) is 10.2 Å². The van der Waals surface area contributed by atoms with Crippen molar-refractivity contribution in [3.8, 4) is 5.75 Å². The highest BCUT2D eigenvalue weighted by Gasteiger charge is 2.56. The number of hydrazine groups is 1. The van der Waals surface area contributed by atoms with Crippen LogP contribution >= 0.6 is 0 Å². The molecule has 0 aliphatic carbocycles. The summed E-state index contributed by atoms with van der Waals surface area (Å²) < 4.78 is 91.8. The monoisotopic (exact) mass is 611 g/mol. The first kappa shape index (κ1) is 31.5. The Morgan fingerprint density at radius 2 is 1.53 bits per heavy atom. The van der Waals surface area contributed by atoms with E-state index in [4.69, 9.17) is 9.47 Å². The molecule has 0 unspecified atom stereocenters. The van der Waals surface area contributed by atoms with Gasteiger partial charge in [-0.25, -0.2) is 0 Å². The van der Waals surface area contributed by atoms with Crippen molar-refractivity contribution in [3.05, 3.63) is 83.0 Å². The Morgan fingerprint density at radius 1 is 0.884 bits per heavy atom. The Kier molecular flexibility index (Phi) is 9.43. The van der Waals surface area contributed by atoms with Gasteiger partial charge >= 0.3 is 12.4 Å². The molecule has 2 amide bonds. The van der Waals surface area contributed by atoms with Crippen LogP contribution in [0.25, 0.3) is 0 Å². The predicted molar refractivity (Wildman–Crippen MR) is 141 cm³/mol. The van der Waals surface area contributed by atoms with Crippen molar-refractivity contribution < 1.29 is 45.4 Å². The molecule has 1 saturated heterocycles. The number of hydrogen-bond donors (Lipinski definition) is 2. The molecule has 0 bridgehead atoms. The molecule has 0 spiro atoms. The maximum absolute atomic E-state index is 14.2. The van der Waals surface area contributed by atoms with Gasteiger partial charge in [-0.3, -0.25) is 20.4 Å². The van der Waals surface area contributed by atoms with Gasteiger partial charge < -0.3 is 14.4 Å². The molecule has 1 aliphatic heterocycles. The zero-order valence-corrected chi connectivity index (χ0v) is 22.8. The molecule has 0 saturated carbocycles. The van der Waals surface area contributed by atoms with Crippen molar-refractivity contribution in [3.63, 3.8) is 0 Å². The molecule has 43 heavy (non-hydrogen) atoms. The summed E-state index contributed by atoms with van der Waals surface area (Å²) in [5.74, 6) is -0.507. The average Bonchev–Trinajstić information content (AvgIpc) is 2.99. The second-order valence-corrected chi connectivity index (χ2v) is 9.76. The van der Waals surface area contributed by atoms with Crippen molar-refractivity contribution in [1.29, 1.82) is 0 Å². The highest BCUT2D eigenvalue weighted by molar-refractivity contribution is 5.93. The second-order valence-electron chi connectivity index (χ2n) is 9.76. The summed E-state index contributed by atoms with van der Waals surface area (Å²) in [5, 5.41) is 7.73. The molecule has 230 valence electrons. The quantitative estimate of drug-likeness (QED) is 0.284. The number of amides is 2. The lowest BCUT2D eigenvalue weighted by molar-refractivity contribution is -0.196. The van der Waals surface area contributed by atoms with Gasteiger partial charge in [-0.1, -0.05) is 24.3 Å². The van der Waals surface area contributed by atoms with Gasteiger partial charge in [0.2, 0.25) is 0 Å². The minimum Gasteiger partial charge on any atom is -0.497 e. The molecule has 15 heteroatoms. The first-order chi connectivity index (χ1) is 20.3. The van der Waals surface area contributed by atoms with Crippen LogP contribution in [-0.2, 0) is 27.7 Å². The standard InChI is InChI=1S/C28H27F6N5O4/c1-42-21-8-2-18(3-9-21)16-43-17-24(40)37-38-25(41)22-10-11-23(36-35-22)39-14-12-26(13-15-39,28(32,33)34)19-4-6-20(7-5-19)27(29,30)31/h2-11H,12-17H2,1H3,(H,37,40)(H,38,41). The third-order valence-corrected chi connectivity index (χ3v) is 7.11. The van der Waals surface area contributed by atoms with E-state index in [2.05, 4.69) is 21.0 Å². The Balaban J connectivity index is 1.28. The number of carbonyl (C=O) groups excluding carboxylic acids is 2. The zero-order valence-electron chi connectivity index (χ0n) is 22.8. The number of anilines is 1. The van der Waals surface area contributed by atoms with Crippen molar-refractivity contribution in [2.45, 2.75) is 37.2 Å². The lowest BCUT2D eigenvalue weighted by Crippen LogP contribution is -2.51. The smallest absolute Gasteiger partial charge is 0.416 e. The van der Waals surface area contributed by atoms with E-state index in [0.717, 1.165) is 17.7 Å². The summed E-state index contributed by atoms with van der Waals surface area (Å²) in [6.07, 6.45) is -10.2. The van der Waals surface area contributed by atoms with E-state index in [9.17, 15) is 35.9 Å². The molecule has 1 aliphatic rings. The first-order valence-electron chi connectivity index (χ1n) is 13.0.